The van der Waals surface area contributed by atoms with Gasteiger partial charge in [0.1, 0.15) is 0 Å². The third kappa shape index (κ3) is 5.40. The van der Waals surface area contributed by atoms with Gasteiger partial charge < -0.3 is 5.32 Å². The molecule has 1 amide bonds. The number of hydrogen-bond acceptors (Lipinski definition) is 1. The second-order valence-corrected chi connectivity index (χ2v) is 6.25. The molecule has 0 fully saturated rings. The van der Waals surface area contributed by atoms with Crippen LogP contribution in [0.3, 0.4) is 0 Å². The Morgan fingerprint density at radius 1 is 1.39 bits per heavy atom. The highest BCUT2D eigenvalue weighted by Gasteiger charge is 2.16. The zero-order chi connectivity index (χ0) is 13.5. The van der Waals surface area contributed by atoms with E-state index in [2.05, 4.69) is 35.1 Å². The molecule has 0 radical (unpaired) electrons. The van der Waals surface area contributed by atoms with Gasteiger partial charge in [0, 0.05) is 11.6 Å². The van der Waals surface area contributed by atoms with Crippen LogP contribution >= 0.6 is 27.5 Å². The Labute approximate surface area is 122 Å². The normalized spacial score (nSPS) is 12.5. The molecule has 0 saturated heterocycles. The van der Waals surface area contributed by atoms with Crippen molar-refractivity contribution in [3.05, 3.63) is 34.9 Å². The molecule has 0 aliphatic carbocycles. The number of amides is 1. The molecule has 2 nitrogen and oxygen atoms in total. The highest BCUT2D eigenvalue weighted by molar-refractivity contribution is 9.10. The van der Waals surface area contributed by atoms with Crippen molar-refractivity contribution in [1.29, 1.82) is 0 Å². The summed E-state index contributed by atoms with van der Waals surface area (Å²) in [5.74, 6) is 0.623. The summed E-state index contributed by atoms with van der Waals surface area (Å²) in [6.07, 6.45) is 1.60. The Kier molecular flexibility index (Phi) is 6.72. The van der Waals surface area contributed by atoms with E-state index >= 15 is 0 Å². The summed E-state index contributed by atoms with van der Waals surface area (Å²) in [4.78, 5) is 11.6. The molecule has 0 heterocycles. The monoisotopic (exact) mass is 331 g/mol. The first kappa shape index (κ1) is 15.5. The molecule has 1 atom stereocenters. The van der Waals surface area contributed by atoms with E-state index in [-0.39, 0.29) is 10.7 Å². The van der Waals surface area contributed by atoms with Crippen LogP contribution in [0.2, 0.25) is 5.02 Å². The van der Waals surface area contributed by atoms with Crippen molar-refractivity contribution in [3.63, 3.8) is 0 Å². The fourth-order valence-corrected chi connectivity index (χ4v) is 2.27. The first-order valence-electron chi connectivity index (χ1n) is 6.16. The van der Waals surface area contributed by atoms with Crippen LogP contribution < -0.4 is 5.32 Å². The van der Waals surface area contributed by atoms with Crippen molar-refractivity contribution in [2.24, 2.45) is 5.92 Å². The minimum Gasteiger partial charge on any atom is -0.355 e. The Balaban J connectivity index is 2.43. The zero-order valence-electron chi connectivity index (χ0n) is 10.7. The lowest BCUT2D eigenvalue weighted by molar-refractivity contribution is -0.120. The number of halogens is 2. The minimum atomic E-state index is -0.232. The fraction of sp³-hybridized carbons (Fsp3) is 0.500. The van der Waals surface area contributed by atoms with Gasteiger partial charge in [-0.2, -0.15) is 0 Å². The molecule has 0 bridgehead atoms. The van der Waals surface area contributed by atoms with Crippen LogP contribution in [0.4, 0.5) is 0 Å². The van der Waals surface area contributed by atoms with Crippen LogP contribution in [-0.4, -0.2) is 17.3 Å². The van der Waals surface area contributed by atoms with Crippen molar-refractivity contribution in [1.82, 2.24) is 5.32 Å². The van der Waals surface area contributed by atoms with Gasteiger partial charge in [0.2, 0.25) is 5.91 Å². The fourth-order valence-electron chi connectivity index (χ4n) is 1.54. The highest BCUT2D eigenvalue weighted by atomic mass is 79.9. The van der Waals surface area contributed by atoms with Crippen LogP contribution in [0.25, 0.3) is 0 Å². The third-order valence-electron chi connectivity index (χ3n) is 2.66. The summed E-state index contributed by atoms with van der Waals surface area (Å²) in [7, 11) is 0. The quantitative estimate of drug-likeness (QED) is 0.789. The molecule has 0 spiro atoms. The van der Waals surface area contributed by atoms with E-state index in [1.807, 2.05) is 24.3 Å². The maximum atomic E-state index is 11.8. The number of alkyl halides is 1. The van der Waals surface area contributed by atoms with Crippen LogP contribution in [0.15, 0.2) is 24.3 Å². The number of nitrogens with one attached hydrogen (secondary N) is 1. The molecule has 1 rings (SSSR count). The second kappa shape index (κ2) is 7.80. The van der Waals surface area contributed by atoms with Gasteiger partial charge in [0.15, 0.2) is 0 Å². The van der Waals surface area contributed by atoms with Crippen molar-refractivity contribution >= 4 is 33.4 Å². The Hall–Kier alpha value is -0.540. The zero-order valence-corrected chi connectivity index (χ0v) is 13.1. The largest absolute Gasteiger partial charge is 0.355 e. The van der Waals surface area contributed by atoms with E-state index in [0.717, 1.165) is 18.5 Å². The molecule has 100 valence electrons. The van der Waals surface area contributed by atoms with Crippen molar-refractivity contribution < 1.29 is 4.79 Å². The average Bonchev–Trinajstić information content (AvgIpc) is 2.31. The van der Waals surface area contributed by atoms with Gasteiger partial charge in [-0.3, -0.25) is 4.79 Å². The minimum absolute atomic E-state index is 0.0237. The molecule has 0 aromatic heterocycles. The van der Waals surface area contributed by atoms with E-state index in [0.29, 0.717) is 17.4 Å². The van der Waals surface area contributed by atoms with Crippen LogP contribution in [0.1, 0.15) is 25.8 Å². The summed E-state index contributed by atoms with van der Waals surface area (Å²) in [5.41, 5.74) is 0.986. The molecule has 1 unspecified atom stereocenters. The lowest BCUT2D eigenvalue weighted by Crippen LogP contribution is -2.33. The number of benzene rings is 1. The van der Waals surface area contributed by atoms with Gasteiger partial charge in [-0.1, -0.05) is 59.6 Å². The van der Waals surface area contributed by atoms with Crippen LogP contribution in [-0.2, 0) is 11.2 Å². The molecular weight excluding hydrogens is 314 g/mol. The summed E-state index contributed by atoms with van der Waals surface area (Å²) >= 11 is 9.48. The average molecular weight is 333 g/mol. The first-order chi connectivity index (χ1) is 8.50. The van der Waals surface area contributed by atoms with E-state index < -0.39 is 0 Å². The van der Waals surface area contributed by atoms with Gasteiger partial charge in [0.25, 0.3) is 0 Å². The van der Waals surface area contributed by atoms with Gasteiger partial charge in [-0.25, -0.2) is 0 Å². The van der Waals surface area contributed by atoms with E-state index in [4.69, 9.17) is 11.6 Å². The smallest absolute Gasteiger partial charge is 0.234 e. The Morgan fingerprint density at radius 3 is 2.67 bits per heavy atom. The highest BCUT2D eigenvalue weighted by Crippen LogP contribution is 2.19. The van der Waals surface area contributed by atoms with Gasteiger partial charge in [0.05, 0.1) is 4.83 Å². The number of rotatable bonds is 6. The molecule has 0 aliphatic heterocycles. The summed E-state index contributed by atoms with van der Waals surface area (Å²) in [5, 5.41) is 3.63. The van der Waals surface area contributed by atoms with E-state index in [1.54, 1.807) is 0 Å². The third-order valence-corrected chi connectivity index (χ3v) is 3.77. The Morgan fingerprint density at radius 2 is 2.06 bits per heavy atom. The molecule has 18 heavy (non-hydrogen) atoms. The summed E-state index contributed by atoms with van der Waals surface area (Å²) in [6.45, 7) is 5.00. The van der Waals surface area contributed by atoms with Crippen molar-refractivity contribution in [2.75, 3.05) is 6.54 Å². The SMILES string of the molecule is CC(C)CCNC(=O)C(Br)Cc1ccccc1Cl. The molecule has 4 heteroatoms. The lowest BCUT2D eigenvalue weighted by atomic mass is 10.1. The number of carbonyl (C=O) groups is 1. The molecule has 1 aromatic rings. The predicted molar refractivity (Wildman–Crippen MR) is 80.3 cm³/mol. The lowest BCUT2D eigenvalue weighted by Gasteiger charge is -2.12. The van der Waals surface area contributed by atoms with E-state index in [9.17, 15) is 4.79 Å². The van der Waals surface area contributed by atoms with Gasteiger partial charge >= 0.3 is 0 Å². The predicted octanol–water partition coefficient (Wildman–Crippen LogP) is 3.81. The van der Waals surface area contributed by atoms with Gasteiger partial charge in [-0.15, -0.1) is 0 Å². The molecule has 0 aliphatic rings. The molecule has 1 aromatic carbocycles. The van der Waals surface area contributed by atoms with Crippen LogP contribution in [0.5, 0.6) is 0 Å². The van der Waals surface area contributed by atoms with Crippen LogP contribution in [0, 0.1) is 5.92 Å². The topological polar surface area (TPSA) is 29.1 Å². The summed E-state index contributed by atoms with van der Waals surface area (Å²) < 4.78 is 0. The van der Waals surface area contributed by atoms with E-state index in [1.165, 1.54) is 0 Å². The maximum absolute atomic E-state index is 11.8. The second-order valence-electron chi connectivity index (χ2n) is 4.74. The molecule has 1 N–H and O–H groups in total. The Bertz CT molecular complexity index is 395. The number of hydrogen-bond donors (Lipinski definition) is 1. The van der Waals surface area contributed by atoms with Gasteiger partial charge in [-0.05, 0) is 30.4 Å². The molecular formula is C14H19BrClNO. The standard InChI is InChI=1S/C14H19BrClNO/c1-10(2)7-8-17-14(18)12(15)9-11-5-3-4-6-13(11)16/h3-6,10,12H,7-9H2,1-2H3,(H,17,18). The van der Waals surface area contributed by atoms with Crippen molar-refractivity contribution in [2.45, 2.75) is 31.5 Å². The maximum Gasteiger partial charge on any atom is 0.234 e. The number of carbonyl (C=O) groups excluding carboxylic acids is 1. The molecule has 0 saturated carbocycles. The first-order valence-corrected chi connectivity index (χ1v) is 7.45. The summed E-state index contributed by atoms with van der Waals surface area (Å²) in [6, 6.07) is 7.60. The van der Waals surface area contributed by atoms with Crippen molar-refractivity contribution in [3.8, 4) is 0 Å².